The molecule has 0 saturated carbocycles. The number of methoxy groups -OCH3 is 1. The van der Waals surface area contributed by atoms with E-state index in [1.165, 1.54) is 0 Å². The molecule has 0 spiro atoms. The number of carbonyl (C=O) groups is 1. The second-order valence-electron chi connectivity index (χ2n) is 5.34. The van der Waals surface area contributed by atoms with E-state index in [1.54, 1.807) is 7.11 Å². The van der Waals surface area contributed by atoms with E-state index in [1.807, 2.05) is 32.0 Å². The van der Waals surface area contributed by atoms with Crippen molar-refractivity contribution in [2.24, 2.45) is 11.8 Å². The molecule has 1 aromatic rings. The Kier molecular flexibility index (Phi) is 7.48. The van der Waals surface area contributed by atoms with Crippen molar-refractivity contribution >= 4 is 18.3 Å². The number of benzene rings is 1. The number of rotatable bonds is 7. The van der Waals surface area contributed by atoms with Gasteiger partial charge in [0.15, 0.2) is 11.5 Å². The van der Waals surface area contributed by atoms with Gasteiger partial charge in [0.25, 0.3) is 0 Å². The number of halogens is 1. The van der Waals surface area contributed by atoms with Crippen molar-refractivity contribution in [1.82, 2.24) is 10.6 Å². The minimum Gasteiger partial charge on any atom is -0.493 e. The molecule has 2 N–H and O–H groups in total. The van der Waals surface area contributed by atoms with Crippen LogP contribution in [0, 0.1) is 11.8 Å². The van der Waals surface area contributed by atoms with Gasteiger partial charge in [-0.05, 0) is 43.6 Å². The fraction of sp³-hybridized carbons (Fsp3) is 0.562. The van der Waals surface area contributed by atoms with Crippen molar-refractivity contribution in [3.8, 4) is 11.5 Å². The Morgan fingerprint density at radius 2 is 2.14 bits per heavy atom. The van der Waals surface area contributed by atoms with Gasteiger partial charge in [0.1, 0.15) is 0 Å². The van der Waals surface area contributed by atoms with Crippen LogP contribution < -0.4 is 20.1 Å². The van der Waals surface area contributed by atoms with Crippen LogP contribution in [0.4, 0.5) is 0 Å². The number of hydrogen-bond acceptors (Lipinski definition) is 4. The van der Waals surface area contributed by atoms with E-state index in [0.717, 1.165) is 24.4 Å². The van der Waals surface area contributed by atoms with Crippen molar-refractivity contribution < 1.29 is 14.3 Å². The van der Waals surface area contributed by atoms with Gasteiger partial charge < -0.3 is 20.1 Å². The van der Waals surface area contributed by atoms with Crippen molar-refractivity contribution in [3.63, 3.8) is 0 Å². The molecule has 6 heteroatoms. The normalized spacial score (nSPS) is 15.2. The quantitative estimate of drug-likeness (QED) is 0.803. The molecule has 0 aromatic heterocycles. The van der Waals surface area contributed by atoms with E-state index >= 15 is 0 Å². The first-order valence-corrected chi connectivity index (χ1v) is 7.43. The first-order valence-electron chi connectivity index (χ1n) is 7.43. The zero-order chi connectivity index (χ0) is 15.2. The second kappa shape index (κ2) is 8.86. The standard InChI is InChI=1S/C16H24N2O3.ClH/c1-4-21-14-6-5-12(7-15(14)20-3)8-18-16(19)11(2)13-9-17-10-13;/h5-7,11,13,17H,4,8-10H2,1-3H3,(H,18,19);1H. The summed E-state index contributed by atoms with van der Waals surface area (Å²) in [5, 5.41) is 6.18. The van der Waals surface area contributed by atoms with Crippen LogP contribution in [0.15, 0.2) is 18.2 Å². The molecule has 124 valence electrons. The Morgan fingerprint density at radius 1 is 1.41 bits per heavy atom. The first-order chi connectivity index (χ1) is 10.2. The Balaban J connectivity index is 0.00000242. The summed E-state index contributed by atoms with van der Waals surface area (Å²) in [5.74, 6) is 2.04. The van der Waals surface area contributed by atoms with Crippen molar-refractivity contribution in [1.29, 1.82) is 0 Å². The summed E-state index contributed by atoms with van der Waals surface area (Å²) in [7, 11) is 1.62. The Morgan fingerprint density at radius 3 is 2.68 bits per heavy atom. The van der Waals surface area contributed by atoms with Crippen LogP contribution in [-0.4, -0.2) is 32.7 Å². The van der Waals surface area contributed by atoms with E-state index < -0.39 is 0 Å². The van der Waals surface area contributed by atoms with Crippen LogP contribution in [0.25, 0.3) is 0 Å². The fourth-order valence-electron chi connectivity index (χ4n) is 2.33. The van der Waals surface area contributed by atoms with E-state index in [0.29, 0.717) is 24.8 Å². The van der Waals surface area contributed by atoms with Gasteiger partial charge in [0, 0.05) is 12.5 Å². The van der Waals surface area contributed by atoms with E-state index in [9.17, 15) is 4.79 Å². The summed E-state index contributed by atoms with van der Waals surface area (Å²) < 4.78 is 10.8. The van der Waals surface area contributed by atoms with Crippen LogP contribution >= 0.6 is 12.4 Å². The lowest BCUT2D eigenvalue weighted by molar-refractivity contribution is -0.126. The van der Waals surface area contributed by atoms with Crippen LogP contribution in [-0.2, 0) is 11.3 Å². The fourth-order valence-corrected chi connectivity index (χ4v) is 2.33. The van der Waals surface area contributed by atoms with Crippen molar-refractivity contribution in [2.75, 3.05) is 26.8 Å². The highest BCUT2D eigenvalue weighted by Gasteiger charge is 2.28. The largest absolute Gasteiger partial charge is 0.493 e. The lowest BCUT2D eigenvalue weighted by Gasteiger charge is -2.31. The molecule has 0 radical (unpaired) electrons. The molecule has 1 aliphatic heterocycles. The average Bonchev–Trinajstić information content (AvgIpc) is 2.44. The van der Waals surface area contributed by atoms with Crippen LogP contribution in [0.2, 0.25) is 0 Å². The minimum absolute atomic E-state index is 0. The van der Waals surface area contributed by atoms with Gasteiger partial charge in [0.05, 0.1) is 13.7 Å². The maximum Gasteiger partial charge on any atom is 0.223 e. The third-order valence-electron chi connectivity index (χ3n) is 3.93. The van der Waals surface area contributed by atoms with Gasteiger partial charge in [-0.2, -0.15) is 0 Å². The maximum absolute atomic E-state index is 12.1. The van der Waals surface area contributed by atoms with Gasteiger partial charge in [-0.3, -0.25) is 4.79 Å². The smallest absolute Gasteiger partial charge is 0.223 e. The molecule has 22 heavy (non-hydrogen) atoms. The molecule has 1 saturated heterocycles. The molecule has 5 nitrogen and oxygen atoms in total. The Hall–Kier alpha value is -1.46. The molecule has 1 amide bonds. The third kappa shape index (κ3) is 4.52. The summed E-state index contributed by atoms with van der Waals surface area (Å²) >= 11 is 0. The van der Waals surface area contributed by atoms with Gasteiger partial charge in [-0.25, -0.2) is 0 Å². The highest BCUT2D eigenvalue weighted by Crippen LogP contribution is 2.28. The summed E-state index contributed by atoms with van der Waals surface area (Å²) in [6, 6.07) is 5.73. The highest BCUT2D eigenvalue weighted by atomic mass is 35.5. The van der Waals surface area contributed by atoms with Crippen molar-refractivity contribution in [3.05, 3.63) is 23.8 Å². The minimum atomic E-state index is 0. The molecule has 1 aliphatic rings. The number of hydrogen-bond donors (Lipinski definition) is 2. The van der Waals surface area contributed by atoms with Crippen LogP contribution in [0.1, 0.15) is 19.4 Å². The Labute approximate surface area is 138 Å². The number of nitrogens with one attached hydrogen (secondary N) is 2. The van der Waals surface area contributed by atoms with E-state index in [4.69, 9.17) is 9.47 Å². The molecule has 0 aliphatic carbocycles. The molecule has 1 heterocycles. The van der Waals surface area contributed by atoms with E-state index in [-0.39, 0.29) is 24.2 Å². The molecule has 1 fully saturated rings. The topological polar surface area (TPSA) is 59.6 Å². The SMILES string of the molecule is CCOc1ccc(CNC(=O)C(C)C2CNC2)cc1OC.Cl. The third-order valence-corrected chi connectivity index (χ3v) is 3.93. The molecule has 2 rings (SSSR count). The summed E-state index contributed by atoms with van der Waals surface area (Å²) in [6.45, 7) is 6.90. The zero-order valence-corrected chi connectivity index (χ0v) is 14.2. The number of carbonyl (C=O) groups excluding carboxylic acids is 1. The van der Waals surface area contributed by atoms with Crippen molar-refractivity contribution in [2.45, 2.75) is 20.4 Å². The van der Waals surface area contributed by atoms with Crippen LogP contribution in [0.5, 0.6) is 11.5 Å². The number of ether oxygens (including phenoxy) is 2. The predicted octanol–water partition coefficient (Wildman–Crippen LogP) is 1.99. The summed E-state index contributed by atoms with van der Waals surface area (Å²) in [5.41, 5.74) is 1.00. The predicted molar refractivity (Wildman–Crippen MR) is 88.8 cm³/mol. The molecule has 1 unspecified atom stereocenters. The molecular formula is C16H25ClN2O3. The molecule has 1 aromatic carbocycles. The van der Waals surface area contributed by atoms with Gasteiger partial charge in [0.2, 0.25) is 5.91 Å². The van der Waals surface area contributed by atoms with E-state index in [2.05, 4.69) is 10.6 Å². The lowest BCUT2D eigenvalue weighted by Crippen LogP contribution is -2.49. The first kappa shape index (κ1) is 18.6. The van der Waals surface area contributed by atoms with Gasteiger partial charge in [-0.15, -0.1) is 12.4 Å². The monoisotopic (exact) mass is 328 g/mol. The second-order valence-corrected chi connectivity index (χ2v) is 5.34. The number of amides is 1. The lowest BCUT2D eigenvalue weighted by atomic mass is 9.88. The Bertz CT molecular complexity index is 492. The average molecular weight is 329 g/mol. The zero-order valence-electron chi connectivity index (χ0n) is 13.3. The molecule has 1 atom stereocenters. The van der Waals surface area contributed by atoms with Gasteiger partial charge in [-0.1, -0.05) is 13.0 Å². The van der Waals surface area contributed by atoms with Gasteiger partial charge >= 0.3 is 0 Å². The molecular weight excluding hydrogens is 304 g/mol. The van der Waals surface area contributed by atoms with Crippen LogP contribution in [0.3, 0.4) is 0 Å². The highest BCUT2D eigenvalue weighted by molar-refractivity contribution is 5.85. The summed E-state index contributed by atoms with van der Waals surface area (Å²) in [4.78, 5) is 12.1. The summed E-state index contributed by atoms with van der Waals surface area (Å²) in [6.07, 6.45) is 0. The maximum atomic E-state index is 12.1. The molecule has 0 bridgehead atoms.